The van der Waals surface area contributed by atoms with Gasteiger partial charge in [-0.2, -0.15) is 0 Å². The maximum atomic E-state index is 10.7. The molecule has 2 N–H and O–H groups in total. The molecule has 1 aromatic carbocycles. The number of nitrogens with two attached hydrogens (primary N) is 1. The van der Waals surface area contributed by atoms with E-state index in [1.165, 1.54) is 0 Å². The van der Waals surface area contributed by atoms with Crippen LogP contribution in [0.3, 0.4) is 0 Å². The molecule has 1 rings (SSSR count). The van der Waals surface area contributed by atoms with Crippen molar-refractivity contribution in [3.8, 4) is 0 Å². The molecule has 1 aromatic rings. The summed E-state index contributed by atoms with van der Waals surface area (Å²) in [6.07, 6.45) is 0. The summed E-state index contributed by atoms with van der Waals surface area (Å²) < 4.78 is 21.5. The minimum absolute atomic E-state index is 0. The summed E-state index contributed by atoms with van der Waals surface area (Å²) in [6, 6.07) is 4.46. The predicted molar refractivity (Wildman–Crippen MR) is 42.1 cm³/mol. The largest absolute Gasteiger partial charge is 1.00 e. The quantitative estimate of drug-likeness (QED) is 0.528. The van der Waals surface area contributed by atoms with Crippen molar-refractivity contribution < 1.29 is 69.7 Å². The Morgan fingerprint density at radius 3 is 1.93 bits per heavy atom. The third-order valence-electron chi connectivity index (χ3n) is 1.42. The fourth-order valence-electron chi connectivity index (χ4n) is 0.781. The van der Waals surface area contributed by atoms with Crippen molar-refractivity contribution in [2.24, 2.45) is 5.14 Å². The number of aromatic carboxylic acids is 1. The minimum Gasteiger partial charge on any atom is -0.545 e. The molecule has 0 aliphatic rings. The van der Waals surface area contributed by atoms with Crippen LogP contribution in [0.5, 0.6) is 0 Å². The molecule has 0 aromatic heterocycles. The second kappa shape index (κ2) is 5.36. The second-order valence-electron chi connectivity index (χ2n) is 2.36. The van der Waals surface area contributed by atoms with Crippen molar-refractivity contribution in [3.63, 3.8) is 0 Å². The van der Waals surface area contributed by atoms with E-state index in [9.17, 15) is 18.3 Å². The number of rotatable bonds is 2. The van der Waals surface area contributed by atoms with Gasteiger partial charge in [0.15, 0.2) is 0 Å². The van der Waals surface area contributed by atoms with Crippen LogP contribution in [0.2, 0.25) is 0 Å². The molecule has 0 bridgehead atoms. The zero-order chi connectivity index (χ0) is 10.1. The molecule has 0 spiro atoms. The van der Waals surface area contributed by atoms with E-state index in [2.05, 4.69) is 0 Å². The SMILES string of the molecule is NS(=O)(=O)c1ccc(C(=O)[O-])cc1.[K+]. The monoisotopic (exact) mass is 239 g/mol. The number of carbonyl (C=O) groups is 1. The van der Waals surface area contributed by atoms with Crippen LogP contribution in [0.25, 0.3) is 0 Å². The van der Waals surface area contributed by atoms with E-state index in [1.54, 1.807) is 0 Å². The molecule has 0 aliphatic heterocycles. The zero-order valence-corrected chi connectivity index (χ0v) is 11.4. The van der Waals surface area contributed by atoms with Gasteiger partial charge in [0, 0.05) is 0 Å². The van der Waals surface area contributed by atoms with Gasteiger partial charge in [-0.25, -0.2) is 13.6 Å². The Kier molecular flexibility index (Phi) is 5.45. The van der Waals surface area contributed by atoms with E-state index in [0.717, 1.165) is 24.3 Å². The Balaban J connectivity index is 0.00000169. The Morgan fingerprint density at radius 1 is 1.21 bits per heavy atom. The van der Waals surface area contributed by atoms with E-state index in [4.69, 9.17) is 5.14 Å². The van der Waals surface area contributed by atoms with Crippen LogP contribution in [-0.2, 0) is 10.0 Å². The fraction of sp³-hybridized carbons (Fsp3) is 0. The third kappa shape index (κ3) is 3.77. The first kappa shape index (κ1) is 14.2. The van der Waals surface area contributed by atoms with Gasteiger partial charge in [0.2, 0.25) is 10.0 Å². The van der Waals surface area contributed by atoms with Gasteiger partial charge >= 0.3 is 51.4 Å². The van der Waals surface area contributed by atoms with E-state index in [1.807, 2.05) is 0 Å². The van der Waals surface area contributed by atoms with Crippen molar-refractivity contribution in [3.05, 3.63) is 29.8 Å². The molecule has 0 unspecified atom stereocenters. The van der Waals surface area contributed by atoms with Crippen molar-refractivity contribution in [1.29, 1.82) is 0 Å². The predicted octanol–water partition coefficient (Wildman–Crippen LogP) is -4.30. The molecule has 0 radical (unpaired) electrons. The average Bonchev–Trinajstić information content (AvgIpc) is 2.03. The summed E-state index contributed by atoms with van der Waals surface area (Å²) in [4.78, 5) is 10.1. The summed E-state index contributed by atoms with van der Waals surface area (Å²) in [6.45, 7) is 0. The van der Waals surface area contributed by atoms with Crippen molar-refractivity contribution in [1.82, 2.24) is 0 Å². The first-order valence-corrected chi connectivity index (χ1v) is 4.80. The molecule has 0 amide bonds. The van der Waals surface area contributed by atoms with E-state index < -0.39 is 16.0 Å². The molecular weight excluding hydrogens is 233 g/mol. The second-order valence-corrected chi connectivity index (χ2v) is 3.92. The molecule has 0 saturated heterocycles. The van der Waals surface area contributed by atoms with Gasteiger partial charge in [0.25, 0.3) is 0 Å². The number of carboxylic acid groups (broad SMARTS) is 1. The smallest absolute Gasteiger partial charge is 0.545 e. The number of benzene rings is 1. The molecule has 0 saturated carbocycles. The van der Waals surface area contributed by atoms with E-state index >= 15 is 0 Å². The summed E-state index contributed by atoms with van der Waals surface area (Å²) >= 11 is 0. The Labute approximate surface area is 124 Å². The van der Waals surface area contributed by atoms with Crippen LogP contribution >= 0.6 is 0 Å². The first-order valence-electron chi connectivity index (χ1n) is 3.25. The summed E-state index contributed by atoms with van der Waals surface area (Å²) in [5.41, 5.74) is -0.0904. The topological polar surface area (TPSA) is 100 Å². The van der Waals surface area contributed by atoms with Crippen LogP contribution in [0.15, 0.2) is 29.2 Å². The van der Waals surface area contributed by atoms with Gasteiger partial charge in [-0.1, -0.05) is 12.1 Å². The standard InChI is InChI=1S/C7H7NO4S.K/c8-13(11,12)6-3-1-5(2-4-6)7(9)10;/h1-4H,(H,9,10)(H2,8,11,12);/q;+1/p-1. The van der Waals surface area contributed by atoms with Crippen LogP contribution in [-0.4, -0.2) is 14.4 Å². The molecule has 0 aliphatic carbocycles. The molecule has 0 heterocycles. The molecule has 7 heteroatoms. The van der Waals surface area contributed by atoms with Gasteiger partial charge < -0.3 is 9.90 Å². The molecule has 70 valence electrons. The first-order chi connectivity index (χ1) is 5.91. The van der Waals surface area contributed by atoms with Crippen molar-refractivity contribution in [2.75, 3.05) is 0 Å². The van der Waals surface area contributed by atoms with Crippen LogP contribution in [0, 0.1) is 0 Å². The average molecular weight is 239 g/mol. The molecular formula is C7H6KNO4S. The Hall–Kier alpha value is 0.236. The summed E-state index contributed by atoms with van der Waals surface area (Å²) in [5, 5.41) is 15.1. The Morgan fingerprint density at radius 2 is 1.64 bits per heavy atom. The van der Waals surface area contributed by atoms with E-state index in [-0.39, 0.29) is 61.8 Å². The van der Waals surface area contributed by atoms with Gasteiger partial charge in [-0.3, -0.25) is 0 Å². The number of hydrogen-bond donors (Lipinski definition) is 1. The van der Waals surface area contributed by atoms with Crippen LogP contribution in [0.1, 0.15) is 10.4 Å². The van der Waals surface area contributed by atoms with Gasteiger partial charge in [0.05, 0.1) is 10.9 Å². The number of carboxylic acids is 1. The van der Waals surface area contributed by atoms with Crippen molar-refractivity contribution in [2.45, 2.75) is 4.90 Å². The summed E-state index contributed by atoms with van der Waals surface area (Å²) in [5.74, 6) is -1.36. The normalized spacial score (nSPS) is 10.4. The number of primary sulfonamides is 1. The minimum atomic E-state index is -3.76. The molecule has 14 heavy (non-hydrogen) atoms. The van der Waals surface area contributed by atoms with Crippen LogP contribution in [0.4, 0.5) is 0 Å². The number of carbonyl (C=O) groups excluding carboxylic acids is 1. The number of hydrogen-bond acceptors (Lipinski definition) is 4. The molecule has 0 atom stereocenters. The zero-order valence-electron chi connectivity index (χ0n) is 7.43. The van der Waals surface area contributed by atoms with Gasteiger partial charge in [0.1, 0.15) is 0 Å². The van der Waals surface area contributed by atoms with Gasteiger partial charge in [-0.05, 0) is 17.7 Å². The Bertz CT molecular complexity index is 426. The molecule has 0 fully saturated rings. The maximum Gasteiger partial charge on any atom is 1.00 e. The fourth-order valence-corrected chi connectivity index (χ4v) is 1.30. The molecule has 5 nitrogen and oxygen atoms in total. The van der Waals surface area contributed by atoms with E-state index in [0.29, 0.717) is 0 Å². The van der Waals surface area contributed by atoms with Crippen molar-refractivity contribution >= 4 is 16.0 Å². The summed E-state index contributed by atoms with van der Waals surface area (Å²) in [7, 11) is -3.76. The van der Waals surface area contributed by atoms with Crippen LogP contribution < -0.4 is 61.6 Å². The third-order valence-corrected chi connectivity index (χ3v) is 2.35. The van der Waals surface area contributed by atoms with Gasteiger partial charge in [-0.15, -0.1) is 0 Å². The maximum absolute atomic E-state index is 10.7. The number of sulfonamides is 1.